The molecule has 0 unspecified atom stereocenters. The summed E-state index contributed by atoms with van der Waals surface area (Å²) in [6.07, 6.45) is 13.7. The summed E-state index contributed by atoms with van der Waals surface area (Å²) in [5.41, 5.74) is 1.19. The predicted molar refractivity (Wildman–Crippen MR) is 117 cm³/mol. The van der Waals surface area contributed by atoms with E-state index in [4.69, 9.17) is 0 Å². The topological polar surface area (TPSA) is 50.2 Å². The average Bonchev–Trinajstić information content (AvgIpc) is 3.22. The summed E-state index contributed by atoms with van der Waals surface area (Å²) in [6.45, 7) is 3.46. The molecule has 0 saturated carbocycles. The molecule has 1 aromatic heterocycles. The van der Waals surface area contributed by atoms with Gasteiger partial charge in [0.15, 0.2) is 0 Å². The van der Waals surface area contributed by atoms with Crippen molar-refractivity contribution in [3.05, 3.63) is 60.3 Å². The van der Waals surface area contributed by atoms with Gasteiger partial charge in [0.1, 0.15) is 5.82 Å². The Kier molecular flexibility index (Phi) is 6.78. The van der Waals surface area contributed by atoms with Crippen LogP contribution in [0.15, 0.2) is 54.7 Å². The first kappa shape index (κ1) is 19.9. The number of piperidine rings is 1. The van der Waals surface area contributed by atoms with Gasteiger partial charge in [-0.3, -0.25) is 4.79 Å². The maximum absolute atomic E-state index is 12.4. The third-order valence-electron chi connectivity index (χ3n) is 6.22. The van der Waals surface area contributed by atoms with Crippen LogP contribution in [0.4, 0.5) is 5.82 Å². The number of carbonyl (C=O) groups excluding carboxylic acids is 1. The van der Waals surface area contributed by atoms with Gasteiger partial charge in [0, 0.05) is 32.1 Å². The van der Waals surface area contributed by atoms with E-state index < -0.39 is 0 Å². The highest BCUT2D eigenvalue weighted by Gasteiger charge is 2.24. The second-order valence-corrected chi connectivity index (χ2v) is 8.38. The van der Waals surface area contributed by atoms with Crippen molar-refractivity contribution < 1.29 is 4.79 Å². The number of carbonyl (C=O) groups is 1. The number of nitrogens with one attached hydrogen (secondary N) is 1. The minimum absolute atomic E-state index is 0.0541. The van der Waals surface area contributed by atoms with Crippen LogP contribution in [0.1, 0.15) is 50.1 Å². The van der Waals surface area contributed by atoms with Crippen molar-refractivity contribution in [2.45, 2.75) is 51.0 Å². The first-order valence-electron chi connectivity index (χ1n) is 11.0. The molecular weight excluding hydrogens is 360 g/mol. The molecular formula is C24H32N4O. The minimum Gasteiger partial charge on any atom is -0.311 e. The average molecular weight is 393 g/mol. The second-order valence-electron chi connectivity index (χ2n) is 8.38. The fourth-order valence-corrected chi connectivity index (χ4v) is 4.55. The predicted octanol–water partition coefficient (Wildman–Crippen LogP) is 4.45. The maximum Gasteiger partial charge on any atom is 0.225 e. The number of aryl methyl sites for hydroxylation is 1. The van der Waals surface area contributed by atoms with Gasteiger partial charge in [-0.05, 0) is 50.0 Å². The number of hydrogen-bond donors (Lipinski definition) is 1. The number of benzene rings is 1. The highest BCUT2D eigenvalue weighted by molar-refractivity contribution is 5.89. The number of rotatable bonds is 7. The Morgan fingerprint density at radius 3 is 2.66 bits per heavy atom. The molecule has 0 radical (unpaired) electrons. The number of hydrogen-bond acceptors (Lipinski definition) is 3. The number of anilines is 1. The zero-order valence-corrected chi connectivity index (χ0v) is 17.2. The lowest BCUT2D eigenvalue weighted by atomic mass is 9.93. The van der Waals surface area contributed by atoms with Crippen LogP contribution in [0, 0.1) is 5.92 Å². The van der Waals surface area contributed by atoms with Gasteiger partial charge >= 0.3 is 0 Å². The molecule has 1 fully saturated rings. The Balaban J connectivity index is 1.26. The van der Waals surface area contributed by atoms with Gasteiger partial charge in [-0.2, -0.15) is 5.10 Å². The second kappa shape index (κ2) is 9.88. The standard InChI is InChI=1S/C24H32N4O/c29-24(12-11-20-7-3-1-4-8-20)26-23-13-16-25-28(23)22-14-17-27(18-15-22)19-21-9-5-2-6-10-21/h1-5,7-8,13,16,21-22H,6,9-12,14-15,17-19H2,(H,26,29)/t21-/m1/s1. The van der Waals surface area contributed by atoms with Crippen molar-refractivity contribution in [2.24, 2.45) is 5.92 Å². The van der Waals surface area contributed by atoms with E-state index in [-0.39, 0.29) is 5.91 Å². The van der Waals surface area contributed by atoms with Crippen molar-refractivity contribution in [2.75, 3.05) is 25.0 Å². The Labute approximate surface area is 173 Å². The van der Waals surface area contributed by atoms with E-state index in [9.17, 15) is 4.79 Å². The molecule has 1 aliphatic heterocycles. The van der Waals surface area contributed by atoms with Crippen molar-refractivity contribution in [1.29, 1.82) is 0 Å². The Morgan fingerprint density at radius 1 is 1.07 bits per heavy atom. The fourth-order valence-electron chi connectivity index (χ4n) is 4.55. The third-order valence-corrected chi connectivity index (χ3v) is 6.22. The van der Waals surface area contributed by atoms with Crippen LogP contribution in [-0.2, 0) is 11.2 Å². The summed E-state index contributed by atoms with van der Waals surface area (Å²) in [4.78, 5) is 15.0. The molecule has 2 aliphatic rings. The van der Waals surface area contributed by atoms with E-state index in [1.165, 1.54) is 31.4 Å². The molecule has 4 rings (SSSR count). The molecule has 2 heterocycles. The molecule has 2 aromatic rings. The molecule has 1 atom stereocenters. The molecule has 1 aromatic carbocycles. The smallest absolute Gasteiger partial charge is 0.225 e. The molecule has 0 spiro atoms. The summed E-state index contributed by atoms with van der Waals surface area (Å²) >= 11 is 0. The van der Waals surface area contributed by atoms with Gasteiger partial charge < -0.3 is 10.2 Å². The quantitative estimate of drug-likeness (QED) is 0.709. The first-order chi connectivity index (χ1) is 14.3. The zero-order valence-electron chi connectivity index (χ0n) is 17.2. The Bertz CT molecular complexity index is 805. The maximum atomic E-state index is 12.4. The number of aromatic nitrogens is 2. The van der Waals surface area contributed by atoms with E-state index in [0.717, 1.165) is 44.1 Å². The van der Waals surface area contributed by atoms with Gasteiger partial charge in [0.2, 0.25) is 5.91 Å². The summed E-state index contributed by atoms with van der Waals surface area (Å²) < 4.78 is 2.03. The molecule has 1 aliphatic carbocycles. The highest BCUT2D eigenvalue weighted by atomic mass is 16.1. The molecule has 5 nitrogen and oxygen atoms in total. The lowest BCUT2D eigenvalue weighted by Crippen LogP contribution is -2.38. The largest absolute Gasteiger partial charge is 0.311 e. The van der Waals surface area contributed by atoms with Crippen molar-refractivity contribution in [1.82, 2.24) is 14.7 Å². The van der Waals surface area contributed by atoms with E-state index in [1.807, 2.05) is 28.9 Å². The summed E-state index contributed by atoms with van der Waals surface area (Å²) in [5.74, 6) is 1.71. The minimum atomic E-state index is 0.0541. The molecule has 1 saturated heterocycles. The molecule has 29 heavy (non-hydrogen) atoms. The van der Waals surface area contributed by atoms with E-state index in [1.54, 1.807) is 6.20 Å². The normalized spacial score (nSPS) is 20.6. The van der Waals surface area contributed by atoms with E-state index >= 15 is 0 Å². The van der Waals surface area contributed by atoms with Crippen LogP contribution < -0.4 is 5.32 Å². The van der Waals surface area contributed by atoms with Crippen LogP contribution in [0.5, 0.6) is 0 Å². The lowest BCUT2D eigenvalue weighted by Gasteiger charge is -2.35. The molecule has 154 valence electrons. The number of allylic oxidation sites excluding steroid dienone is 2. The SMILES string of the molecule is O=C(CCc1ccccc1)Nc1ccnn1C1CCN(C[C@@H]2CC=CCC2)CC1. The van der Waals surface area contributed by atoms with Crippen LogP contribution in [0.3, 0.4) is 0 Å². The van der Waals surface area contributed by atoms with Crippen molar-refractivity contribution in [3.63, 3.8) is 0 Å². The summed E-state index contributed by atoms with van der Waals surface area (Å²) in [6, 6.07) is 12.4. The molecule has 1 amide bonds. The molecule has 0 bridgehead atoms. The van der Waals surface area contributed by atoms with Crippen LogP contribution >= 0.6 is 0 Å². The van der Waals surface area contributed by atoms with Gasteiger partial charge in [-0.25, -0.2) is 4.68 Å². The molecule has 5 heteroatoms. The molecule has 1 N–H and O–H groups in total. The van der Waals surface area contributed by atoms with Gasteiger partial charge in [0.05, 0.1) is 12.2 Å². The Morgan fingerprint density at radius 2 is 1.90 bits per heavy atom. The van der Waals surface area contributed by atoms with Crippen LogP contribution in [0.2, 0.25) is 0 Å². The van der Waals surface area contributed by atoms with E-state index in [0.29, 0.717) is 12.5 Å². The first-order valence-corrected chi connectivity index (χ1v) is 11.0. The Hall–Kier alpha value is -2.40. The number of nitrogens with zero attached hydrogens (tertiary/aromatic N) is 3. The highest BCUT2D eigenvalue weighted by Crippen LogP contribution is 2.27. The van der Waals surface area contributed by atoms with Gasteiger partial charge in [-0.15, -0.1) is 0 Å². The zero-order chi connectivity index (χ0) is 19.9. The summed E-state index contributed by atoms with van der Waals surface area (Å²) in [7, 11) is 0. The monoisotopic (exact) mass is 392 g/mol. The van der Waals surface area contributed by atoms with Crippen molar-refractivity contribution >= 4 is 11.7 Å². The van der Waals surface area contributed by atoms with Crippen molar-refractivity contribution in [3.8, 4) is 0 Å². The fraction of sp³-hybridized carbons (Fsp3) is 0.500. The lowest BCUT2D eigenvalue weighted by molar-refractivity contribution is -0.116. The van der Waals surface area contributed by atoms with Gasteiger partial charge in [0.25, 0.3) is 0 Å². The third kappa shape index (κ3) is 5.57. The van der Waals surface area contributed by atoms with E-state index in [2.05, 4.69) is 39.6 Å². The number of amides is 1. The van der Waals surface area contributed by atoms with Crippen LogP contribution in [-0.4, -0.2) is 40.2 Å². The summed E-state index contributed by atoms with van der Waals surface area (Å²) in [5, 5.41) is 7.60. The number of likely N-dealkylation sites (tertiary alicyclic amines) is 1. The van der Waals surface area contributed by atoms with Crippen LogP contribution in [0.25, 0.3) is 0 Å². The van der Waals surface area contributed by atoms with Gasteiger partial charge in [-0.1, -0.05) is 42.5 Å².